The highest BCUT2D eigenvalue weighted by atomic mass is 16.5. The van der Waals surface area contributed by atoms with E-state index in [2.05, 4.69) is 45.6 Å². The molecule has 3 heterocycles. The van der Waals surface area contributed by atoms with E-state index in [4.69, 9.17) is 9.47 Å². The summed E-state index contributed by atoms with van der Waals surface area (Å²) >= 11 is 0. The van der Waals surface area contributed by atoms with Crippen molar-refractivity contribution in [2.75, 3.05) is 25.5 Å². The quantitative estimate of drug-likeness (QED) is 0.510. The van der Waals surface area contributed by atoms with Gasteiger partial charge in [-0.15, -0.1) is 10.2 Å². The summed E-state index contributed by atoms with van der Waals surface area (Å²) in [6, 6.07) is 15.2. The molecule has 3 aromatic rings. The fourth-order valence-corrected chi connectivity index (χ4v) is 4.25. The van der Waals surface area contributed by atoms with Gasteiger partial charge in [0.1, 0.15) is 5.75 Å². The van der Waals surface area contributed by atoms with Gasteiger partial charge in [-0.25, -0.2) is 9.78 Å². The summed E-state index contributed by atoms with van der Waals surface area (Å²) in [4.78, 5) is 19.0. The normalized spacial score (nSPS) is 18.9. The minimum atomic E-state index is -0.175. The molecule has 35 heavy (non-hydrogen) atoms. The number of likely N-dealkylation sites (tertiary alicyclic amines) is 1. The topological polar surface area (TPSA) is 89.5 Å². The number of amides is 2. The number of urea groups is 1. The van der Waals surface area contributed by atoms with Gasteiger partial charge in [0.15, 0.2) is 5.82 Å². The van der Waals surface area contributed by atoms with Crippen molar-refractivity contribution < 1.29 is 14.3 Å². The highest BCUT2D eigenvalue weighted by Crippen LogP contribution is 2.40. The van der Waals surface area contributed by atoms with E-state index in [-0.39, 0.29) is 11.9 Å². The first-order chi connectivity index (χ1) is 17.1. The molecule has 0 radical (unpaired) electrons. The lowest BCUT2D eigenvalue weighted by molar-refractivity contribution is 0.197. The number of hydrogen-bond acceptors (Lipinski definition) is 6. The van der Waals surface area contributed by atoms with Crippen LogP contribution in [0, 0.1) is 5.92 Å². The molecule has 2 aromatic heterocycles. The van der Waals surface area contributed by atoms with Crippen LogP contribution >= 0.6 is 0 Å². The number of rotatable bonds is 6. The van der Waals surface area contributed by atoms with Gasteiger partial charge in [0.25, 0.3) is 0 Å². The number of piperidine rings is 1. The Morgan fingerprint density at radius 3 is 2.66 bits per heavy atom. The lowest BCUT2D eigenvalue weighted by atomic mass is 9.91. The Labute approximate surface area is 205 Å². The Morgan fingerprint density at radius 1 is 1.11 bits per heavy atom. The first-order valence-corrected chi connectivity index (χ1v) is 12.0. The van der Waals surface area contributed by atoms with Gasteiger partial charge in [-0.1, -0.05) is 36.8 Å². The second kappa shape index (κ2) is 10.1. The number of anilines is 1. The van der Waals surface area contributed by atoms with E-state index in [1.807, 2.05) is 35.4 Å². The summed E-state index contributed by atoms with van der Waals surface area (Å²) in [5.41, 5.74) is 3.68. The van der Waals surface area contributed by atoms with Crippen molar-refractivity contribution in [3.05, 3.63) is 71.4 Å². The Hall–Kier alpha value is -3.94. The van der Waals surface area contributed by atoms with Crippen LogP contribution in [0.1, 0.15) is 43.2 Å². The second-order valence-corrected chi connectivity index (χ2v) is 9.09. The van der Waals surface area contributed by atoms with Crippen LogP contribution in [0.3, 0.4) is 0 Å². The third-order valence-corrected chi connectivity index (χ3v) is 6.41. The van der Waals surface area contributed by atoms with E-state index < -0.39 is 0 Å². The third kappa shape index (κ3) is 5.77. The molecule has 180 valence electrons. The average Bonchev–Trinajstić information content (AvgIpc) is 3.72. The molecule has 5 rings (SSSR count). The maximum Gasteiger partial charge on any atom is 0.323 e. The molecule has 1 aliphatic heterocycles. The van der Waals surface area contributed by atoms with Gasteiger partial charge in [0.05, 0.1) is 7.11 Å². The molecule has 1 aliphatic carbocycles. The number of carbonyl (C=O) groups excluding carboxylic acids is 1. The van der Waals surface area contributed by atoms with Crippen LogP contribution in [-0.2, 0) is 0 Å². The van der Waals surface area contributed by atoms with E-state index in [1.54, 1.807) is 12.1 Å². The third-order valence-electron chi connectivity index (χ3n) is 6.41. The zero-order chi connectivity index (χ0) is 24.2. The summed E-state index contributed by atoms with van der Waals surface area (Å²) in [6.45, 7) is 3.41. The number of benzene rings is 1. The van der Waals surface area contributed by atoms with Crippen molar-refractivity contribution in [1.82, 2.24) is 20.1 Å². The Balaban J connectivity index is 1.19. The molecule has 0 bridgehead atoms. The number of nitrogens with one attached hydrogen (secondary N) is 1. The van der Waals surface area contributed by atoms with E-state index in [1.165, 1.54) is 31.1 Å². The molecular weight excluding hydrogens is 442 g/mol. The van der Waals surface area contributed by atoms with Gasteiger partial charge in [-0.2, -0.15) is 0 Å². The average molecular weight is 472 g/mol. The summed E-state index contributed by atoms with van der Waals surface area (Å²) in [7, 11) is 1.52. The largest absolute Gasteiger partial charge is 0.480 e. The van der Waals surface area contributed by atoms with Crippen LogP contribution in [-0.4, -0.2) is 46.3 Å². The molecule has 1 atom stereocenters. The van der Waals surface area contributed by atoms with Crippen LogP contribution in [0.15, 0.2) is 60.3 Å². The fourth-order valence-electron chi connectivity index (χ4n) is 4.25. The number of methoxy groups -OCH3 is 1. The zero-order valence-electron chi connectivity index (χ0n) is 20.0. The molecule has 1 saturated carbocycles. The standard InChI is InChI=1S/C27H29N5O3/c1-18-17-32(27(33)29-24-9-11-26(34-2)31-30-24)13-12-21(18)14-19-4-3-5-23(15-19)35-25-10-8-22(16-28-25)20-6-7-20/h3-5,8-11,14-16,18,20H,6-7,12-13,17H2,1-2H3,(H,29,30,33)/b21-14+. The van der Waals surface area contributed by atoms with Gasteiger partial charge < -0.3 is 14.4 Å². The Morgan fingerprint density at radius 2 is 1.97 bits per heavy atom. The number of nitrogens with zero attached hydrogens (tertiary/aromatic N) is 4. The van der Waals surface area contributed by atoms with Crippen LogP contribution in [0.25, 0.3) is 6.08 Å². The van der Waals surface area contributed by atoms with Gasteiger partial charge in [-0.3, -0.25) is 5.32 Å². The number of ether oxygens (including phenoxy) is 2. The molecule has 8 nitrogen and oxygen atoms in total. The van der Waals surface area contributed by atoms with E-state index in [0.717, 1.165) is 17.7 Å². The molecule has 1 saturated heterocycles. The Bertz CT molecular complexity index is 1210. The van der Waals surface area contributed by atoms with Gasteiger partial charge in [0, 0.05) is 31.4 Å². The van der Waals surface area contributed by atoms with Crippen molar-refractivity contribution in [3.8, 4) is 17.5 Å². The number of hydrogen-bond donors (Lipinski definition) is 1. The van der Waals surface area contributed by atoms with Crippen molar-refractivity contribution in [1.29, 1.82) is 0 Å². The molecule has 2 amide bonds. The monoisotopic (exact) mass is 471 g/mol. The van der Waals surface area contributed by atoms with Crippen LogP contribution in [0.2, 0.25) is 0 Å². The SMILES string of the molecule is COc1ccc(NC(=O)N2CC/C(=C\c3cccc(Oc4ccc(C5CC5)cn4)c3)C(C)C2)nn1. The molecule has 1 aromatic carbocycles. The van der Waals surface area contributed by atoms with E-state index in [0.29, 0.717) is 36.6 Å². The summed E-state index contributed by atoms with van der Waals surface area (Å²) in [5.74, 6) is 3.09. The highest BCUT2D eigenvalue weighted by Gasteiger charge is 2.25. The summed E-state index contributed by atoms with van der Waals surface area (Å²) < 4.78 is 11.0. The number of carbonyl (C=O) groups is 1. The van der Waals surface area contributed by atoms with Crippen LogP contribution < -0.4 is 14.8 Å². The van der Waals surface area contributed by atoms with Gasteiger partial charge in [-0.05, 0) is 60.4 Å². The Kier molecular flexibility index (Phi) is 6.61. The minimum Gasteiger partial charge on any atom is -0.480 e. The molecule has 1 unspecified atom stereocenters. The van der Waals surface area contributed by atoms with Crippen molar-refractivity contribution in [3.63, 3.8) is 0 Å². The minimum absolute atomic E-state index is 0.175. The predicted octanol–water partition coefficient (Wildman–Crippen LogP) is 5.51. The molecular formula is C27H29N5O3. The van der Waals surface area contributed by atoms with Gasteiger partial charge in [0.2, 0.25) is 11.8 Å². The lowest BCUT2D eigenvalue weighted by Gasteiger charge is -2.33. The van der Waals surface area contributed by atoms with Crippen molar-refractivity contribution in [2.24, 2.45) is 5.92 Å². The smallest absolute Gasteiger partial charge is 0.323 e. The van der Waals surface area contributed by atoms with Crippen molar-refractivity contribution in [2.45, 2.75) is 32.1 Å². The molecule has 0 spiro atoms. The first-order valence-electron chi connectivity index (χ1n) is 12.0. The lowest BCUT2D eigenvalue weighted by Crippen LogP contribution is -2.42. The van der Waals surface area contributed by atoms with Crippen LogP contribution in [0.5, 0.6) is 17.5 Å². The predicted molar refractivity (Wildman–Crippen MR) is 134 cm³/mol. The van der Waals surface area contributed by atoms with E-state index >= 15 is 0 Å². The highest BCUT2D eigenvalue weighted by molar-refractivity contribution is 5.88. The van der Waals surface area contributed by atoms with Gasteiger partial charge >= 0.3 is 6.03 Å². The maximum absolute atomic E-state index is 12.7. The first kappa shape index (κ1) is 22.8. The number of pyridine rings is 1. The summed E-state index contributed by atoms with van der Waals surface area (Å²) in [5, 5.41) is 10.7. The molecule has 8 heteroatoms. The molecule has 1 N–H and O–H groups in total. The maximum atomic E-state index is 12.7. The van der Waals surface area contributed by atoms with Crippen molar-refractivity contribution >= 4 is 17.9 Å². The molecule has 2 aliphatic rings. The number of aromatic nitrogens is 3. The summed E-state index contributed by atoms with van der Waals surface area (Å²) in [6.07, 6.45) is 7.45. The fraction of sp³-hybridized carbons (Fsp3) is 0.333. The molecule has 2 fully saturated rings. The second-order valence-electron chi connectivity index (χ2n) is 9.09. The van der Waals surface area contributed by atoms with E-state index in [9.17, 15) is 4.79 Å². The zero-order valence-corrected chi connectivity index (χ0v) is 20.0. The van der Waals surface area contributed by atoms with Crippen LogP contribution in [0.4, 0.5) is 10.6 Å².